The summed E-state index contributed by atoms with van der Waals surface area (Å²) in [6.45, 7) is 6.23. The third-order valence-electron chi connectivity index (χ3n) is 1.54. The fourth-order valence-corrected chi connectivity index (χ4v) is 1.92. The van der Waals surface area contributed by atoms with Crippen LogP contribution >= 0.6 is 0 Å². The normalized spacial score (nSPS) is 12.5. The number of hydrogen-bond donors (Lipinski definition) is 1. The Labute approximate surface area is 77.6 Å². The van der Waals surface area contributed by atoms with Crippen LogP contribution in [-0.4, -0.2) is 20.0 Å². The van der Waals surface area contributed by atoms with E-state index in [9.17, 15) is 13.2 Å². The first kappa shape index (κ1) is 12.3. The van der Waals surface area contributed by atoms with Crippen LogP contribution in [0.5, 0.6) is 0 Å². The third-order valence-corrected chi connectivity index (χ3v) is 2.91. The quantitative estimate of drug-likeness (QED) is 0.506. The van der Waals surface area contributed by atoms with Gasteiger partial charge in [-0.2, -0.15) is 18.6 Å². The molecule has 0 saturated carbocycles. The maximum atomic E-state index is 11.1. The first-order chi connectivity index (χ1) is 5.75. The molecular weight excluding hydrogens is 194 g/mol. The van der Waals surface area contributed by atoms with Gasteiger partial charge in [-0.15, -0.1) is 0 Å². The van der Waals surface area contributed by atoms with Crippen molar-refractivity contribution in [3.8, 4) is 0 Å². The Morgan fingerprint density at radius 2 is 2.08 bits per heavy atom. The van der Waals surface area contributed by atoms with Crippen molar-refractivity contribution in [3.63, 3.8) is 0 Å². The van der Waals surface area contributed by atoms with E-state index in [4.69, 9.17) is 0 Å². The minimum Gasteiger partial charge on any atom is -0.294 e. The summed E-state index contributed by atoms with van der Waals surface area (Å²) in [4.78, 5) is 11.1. The van der Waals surface area contributed by atoms with Gasteiger partial charge in [-0.1, -0.05) is 20.4 Å². The van der Waals surface area contributed by atoms with E-state index in [0.29, 0.717) is 0 Å². The molecule has 0 aliphatic carbocycles. The molecular formula is C7H13NO4S. The first-order valence-corrected chi connectivity index (χ1v) is 5.11. The molecule has 0 heterocycles. The molecule has 76 valence electrons. The molecule has 0 aromatic carbocycles. The number of nitrogens with two attached hydrogens (primary N) is 1. The molecule has 0 atom stereocenters. The van der Waals surface area contributed by atoms with Gasteiger partial charge in [-0.3, -0.25) is 4.79 Å². The first-order valence-electron chi connectivity index (χ1n) is 3.53. The summed E-state index contributed by atoms with van der Waals surface area (Å²) in [6.07, 6.45) is 1.08. The number of ketones is 1. The van der Waals surface area contributed by atoms with E-state index in [2.05, 4.69) is 16.8 Å². The molecule has 0 rings (SSSR count). The van der Waals surface area contributed by atoms with Gasteiger partial charge in [-0.25, -0.2) is 0 Å². The molecule has 13 heavy (non-hydrogen) atoms. The van der Waals surface area contributed by atoms with Crippen molar-refractivity contribution < 1.29 is 17.5 Å². The molecule has 0 aliphatic heterocycles. The van der Waals surface area contributed by atoms with E-state index in [1.807, 2.05) is 0 Å². The summed E-state index contributed by atoms with van der Waals surface area (Å²) >= 11 is 0. The average molecular weight is 207 g/mol. The Morgan fingerprint density at radius 1 is 1.62 bits per heavy atom. The summed E-state index contributed by atoms with van der Waals surface area (Å²) in [5, 5.41) is 0. The number of carbonyl (C=O) groups is 1. The van der Waals surface area contributed by atoms with E-state index < -0.39 is 21.3 Å². The molecule has 0 aliphatic rings. The monoisotopic (exact) mass is 207 g/mol. The highest BCUT2D eigenvalue weighted by Gasteiger charge is 2.31. The number of rotatable bonds is 5. The molecule has 0 aromatic rings. The summed E-state index contributed by atoms with van der Waals surface area (Å²) in [5.74, 6) is 3.71. The van der Waals surface area contributed by atoms with Crippen LogP contribution in [0, 0.1) is 5.41 Å². The zero-order chi connectivity index (χ0) is 10.7. The van der Waals surface area contributed by atoms with E-state index in [-0.39, 0.29) is 5.78 Å². The highest BCUT2D eigenvalue weighted by Crippen LogP contribution is 2.19. The minimum atomic E-state index is -3.82. The Morgan fingerprint density at radius 3 is 2.38 bits per heavy atom. The largest absolute Gasteiger partial charge is 0.294 e. The van der Waals surface area contributed by atoms with E-state index in [1.165, 1.54) is 13.8 Å². The van der Waals surface area contributed by atoms with Gasteiger partial charge >= 0.3 is 0 Å². The molecule has 2 N–H and O–H groups in total. The number of allylic oxidation sites excluding steroid dienone is 1. The van der Waals surface area contributed by atoms with Gasteiger partial charge < -0.3 is 0 Å². The van der Waals surface area contributed by atoms with E-state index >= 15 is 0 Å². The Kier molecular flexibility index (Phi) is 3.77. The SMILES string of the molecule is C=CC(=O)C(C)(C)CS(=O)(=O)ON. The van der Waals surface area contributed by atoms with Crippen molar-refractivity contribution in [2.45, 2.75) is 13.8 Å². The molecule has 0 spiro atoms. The fraction of sp³-hybridized carbons (Fsp3) is 0.571. The van der Waals surface area contributed by atoms with Crippen molar-refractivity contribution in [1.29, 1.82) is 0 Å². The average Bonchev–Trinajstić information content (AvgIpc) is 2.01. The van der Waals surface area contributed by atoms with Gasteiger partial charge in [0.2, 0.25) is 0 Å². The lowest BCUT2D eigenvalue weighted by atomic mass is 9.91. The number of hydrogen-bond acceptors (Lipinski definition) is 5. The zero-order valence-corrected chi connectivity index (χ0v) is 8.43. The molecule has 5 nitrogen and oxygen atoms in total. The maximum Gasteiger partial charge on any atom is 0.283 e. The standard InChI is InChI=1S/C7H13NO4S/c1-4-6(9)7(2,3)5-13(10,11)12-8/h4H,1,5,8H2,2-3H3. The molecule has 0 aromatic heterocycles. The lowest BCUT2D eigenvalue weighted by Gasteiger charge is -2.19. The van der Waals surface area contributed by atoms with Crippen LogP contribution in [0.25, 0.3) is 0 Å². The zero-order valence-electron chi connectivity index (χ0n) is 7.61. The van der Waals surface area contributed by atoms with Gasteiger partial charge in [0, 0.05) is 5.41 Å². The summed E-state index contributed by atoms with van der Waals surface area (Å²) < 4.78 is 25.6. The Balaban J connectivity index is 4.70. The lowest BCUT2D eigenvalue weighted by molar-refractivity contribution is -0.121. The molecule has 0 saturated heterocycles. The second-order valence-corrected chi connectivity index (χ2v) is 4.85. The van der Waals surface area contributed by atoms with Crippen LogP contribution in [0.4, 0.5) is 0 Å². The molecule has 0 unspecified atom stereocenters. The highest BCUT2D eigenvalue weighted by atomic mass is 32.2. The summed E-state index contributed by atoms with van der Waals surface area (Å²) in [5.41, 5.74) is -1.06. The van der Waals surface area contributed by atoms with Gasteiger partial charge in [0.1, 0.15) is 0 Å². The van der Waals surface area contributed by atoms with Crippen LogP contribution in [0.15, 0.2) is 12.7 Å². The van der Waals surface area contributed by atoms with Crippen molar-refractivity contribution in [3.05, 3.63) is 12.7 Å². The predicted octanol–water partition coefficient (Wildman–Crippen LogP) is -0.0122. The summed E-state index contributed by atoms with van der Waals surface area (Å²) in [7, 11) is -3.82. The topological polar surface area (TPSA) is 86.5 Å². The van der Waals surface area contributed by atoms with E-state index in [1.54, 1.807) is 0 Å². The van der Waals surface area contributed by atoms with Crippen LogP contribution in [0.1, 0.15) is 13.8 Å². The molecule has 0 fully saturated rings. The van der Waals surface area contributed by atoms with Crippen molar-refractivity contribution >= 4 is 15.9 Å². The van der Waals surface area contributed by atoms with Crippen molar-refractivity contribution in [1.82, 2.24) is 0 Å². The molecule has 0 radical (unpaired) electrons. The molecule has 0 bridgehead atoms. The van der Waals surface area contributed by atoms with Gasteiger partial charge in [0.25, 0.3) is 10.1 Å². The van der Waals surface area contributed by atoms with E-state index in [0.717, 1.165) is 6.08 Å². The molecule has 0 amide bonds. The Hall–Kier alpha value is -0.720. The highest BCUT2D eigenvalue weighted by molar-refractivity contribution is 7.86. The predicted molar refractivity (Wildman–Crippen MR) is 48.0 cm³/mol. The van der Waals surface area contributed by atoms with Crippen LogP contribution < -0.4 is 5.90 Å². The van der Waals surface area contributed by atoms with Crippen LogP contribution in [0.2, 0.25) is 0 Å². The van der Waals surface area contributed by atoms with Gasteiger partial charge in [-0.05, 0) is 6.08 Å². The van der Waals surface area contributed by atoms with Crippen LogP contribution in [-0.2, 0) is 19.2 Å². The van der Waals surface area contributed by atoms with Gasteiger partial charge in [0.15, 0.2) is 5.78 Å². The molecule has 6 heteroatoms. The smallest absolute Gasteiger partial charge is 0.283 e. The van der Waals surface area contributed by atoms with Gasteiger partial charge in [0.05, 0.1) is 5.75 Å². The minimum absolute atomic E-state index is 0.367. The fourth-order valence-electron chi connectivity index (χ4n) is 0.823. The number of carbonyl (C=O) groups excluding carboxylic acids is 1. The van der Waals surface area contributed by atoms with Crippen molar-refractivity contribution in [2.24, 2.45) is 11.3 Å². The van der Waals surface area contributed by atoms with Crippen LogP contribution in [0.3, 0.4) is 0 Å². The lowest BCUT2D eigenvalue weighted by Crippen LogP contribution is -2.33. The van der Waals surface area contributed by atoms with Crippen molar-refractivity contribution in [2.75, 3.05) is 5.75 Å². The third kappa shape index (κ3) is 3.67. The maximum absolute atomic E-state index is 11.1. The summed E-state index contributed by atoms with van der Waals surface area (Å²) in [6, 6.07) is 0. The second kappa shape index (κ2) is 3.99. The Bertz CT molecular complexity index is 304. The second-order valence-electron chi connectivity index (χ2n) is 3.25.